The van der Waals surface area contributed by atoms with Gasteiger partial charge < -0.3 is 20.5 Å². The second kappa shape index (κ2) is 7.34. The Bertz CT molecular complexity index is 580. The Morgan fingerprint density at radius 1 is 1.36 bits per heavy atom. The van der Waals surface area contributed by atoms with Crippen molar-refractivity contribution in [3.8, 4) is 0 Å². The Kier molecular flexibility index (Phi) is 5.79. The van der Waals surface area contributed by atoms with E-state index in [1.54, 1.807) is 0 Å². The highest BCUT2D eigenvalue weighted by Crippen LogP contribution is 2.37. The van der Waals surface area contributed by atoms with Crippen molar-refractivity contribution in [1.82, 2.24) is 4.90 Å². The van der Waals surface area contributed by atoms with Crippen LogP contribution in [-0.2, 0) is 4.74 Å². The number of likely N-dealkylation sites (tertiary alicyclic amines) is 1. The van der Waals surface area contributed by atoms with E-state index in [0.29, 0.717) is 6.42 Å². The molecule has 0 aliphatic carbocycles. The van der Waals surface area contributed by atoms with Crippen LogP contribution in [0.1, 0.15) is 65.5 Å². The van der Waals surface area contributed by atoms with Crippen molar-refractivity contribution in [3.05, 3.63) is 35.9 Å². The Balaban J connectivity index is 2.10. The van der Waals surface area contributed by atoms with Crippen molar-refractivity contribution in [1.29, 1.82) is 0 Å². The molecular weight excluding hydrogens is 316 g/mol. The maximum Gasteiger partial charge on any atom is 0.410 e. The SMILES string of the molecule is CC(C)(C)OC(=O)N1[C@@H](CC(N)C(O)c2ccccc2)CCC1(C)C. The second-order valence-corrected chi connectivity index (χ2v) is 8.61. The van der Waals surface area contributed by atoms with Gasteiger partial charge in [-0.1, -0.05) is 30.3 Å². The number of nitrogens with zero attached hydrogens (tertiary/aromatic N) is 1. The maximum absolute atomic E-state index is 12.7. The molecule has 2 unspecified atom stereocenters. The van der Waals surface area contributed by atoms with E-state index in [2.05, 4.69) is 13.8 Å². The third-order valence-electron chi connectivity index (χ3n) is 4.79. The number of hydrogen-bond donors (Lipinski definition) is 2. The lowest BCUT2D eigenvalue weighted by Crippen LogP contribution is -2.50. The summed E-state index contributed by atoms with van der Waals surface area (Å²) >= 11 is 0. The zero-order valence-corrected chi connectivity index (χ0v) is 16.0. The largest absolute Gasteiger partial charge is 0.444 e. The molecule has 1 aliphatic heterocycles. The third-order valence-corrected chi connectivity index (χ3v) is 4.79. The molecule has 2 rings (SSSR count). The number of ether oxygens (including phenoxy) is 1. The normalized spacial score (nSPS) is 22.5. The highest BCUT2D eigenvalue weighted by atomic mass is 16.6. The summed E-state index contributed by atoms with van der Waals surface area (Å²) in [5.74, 6) is 0. The molecule has 1 amide bonds. The van der Waals surface area contributed by atoms with Crippen LogP contribution in [0.15, 0.2) is 30.3 Å². The van der Waals surface area contributed by atoms with Crippen molar-refractivity contribution >= 4 is 6.09 Å². The molecule has 0 spiro atoms. The summed E-state index contributed by atoms with van der Waals surface area (Å²) in [6.07, 6.45) is 1.25. The monoisotopic (exact) mass is 348 g/mol. The lowest BCUT2D eigenvalue weighted by Gasteiger charge is -2.38. The minimum atomic E-state index is -0.745. The standard InChI is InChI=1S/C20H32N2O3/c1-19(2,3)25-18(24)22-15(11-12-20(22,4)5)13-16(21)17(23)14-9-7-6-8-10-14/h6-10,15-17,23H,11-13,21H2,1-5H3/t15-,16?,17?/m1/s1. The van der Waals surface area contributed by atoms with Crippen LogP contribution < -0.4 is 5.73 Å². The van der Waals surface area contributed by atoms with Crippen molar-refractivity contribution < 1.29 is 14.6 Å². The first-order chi connectivity index (χ1) is 11.5. The smallest absolute Gasteiger partial charge is 0.410 e. The number of hydrogen-bond acceptors (Lipinski definition) is 4. The molecule has 25 heavy (non-hydrogen) atoms. The van der Waals surface area contributed by atoms with Gasteiger partial charge in [0.05, 0.1) is 6.10 Å². The van der Waals surface area contributed by atoms with E-state index in [4.69, 9.17) is 10.5 Å². The molecule has 3 atom stereocenters. The van der Waals surface area contributed by atoms with E-state index in [1.807, 2.05) is 56.0 Å². The lowest BCUT2D eigenvalue weighted by atomic mass is 9.96. The number of benzene rings is 1. The van der Waals surface area contributed by atoms with E-state index in [1.165, 1.54) is 0 Å². The van der Waals surface area contributed by atoms with Crippen molar-refractivity contribution in [2.24, 2.45) is 5.73 Å². The summed E-state index contributed by atoms with van der Waals surface area (Å²) in [7, 11) is 0. The van der Waals surface area contributed by atoms with Gasteiger partial charge in [0.1, 0.15) is 5.60 Å². The third kappa shape index (κ3) is 4.95. The van der Waals surface area contributed by atoms with E-state index in [9.17, 15) is 9.90 Å². The molecular formula is C20H32N2O3. The van der Waals surface area contributed by atoms with Crippen LogP contribution in [0.25, 0.3) is 0 Å². The molecule has 1 fully saturated rings. The van der Waals surface area contributed by atoms with E-state index in [-0.39, 0.29) is 17.7 Å². The predicted octanol–water partition coefficient (Wildman–Crippen LogP) is 3.62. The van der Waals surface area contributed by atoms with Crippen LogP contribution in [0, 0.1) is 0 Å². The van der Waals surface area contributed by atoms with Gasteiger partial charge in [-0.3, -0.25) is 0 Å². The van der Waals surface area contributed by atoms with Gasteiger partial charge >= 0.3 is 6.09 Å². The number of rotatable bonds is 4. The Labute approximate surface area is 151 Å². The van der Waals surface area contributed by atoms with Crippen molar-refractivity contribution in [2.45, 2.75) is 83.2 Å². The van der Waals surface area contributed by atoms with Crippen LogP contribution >= 0.6 is 0 Å². The summed E-state index contributed by atoms with van der Waals surface area (Å²) in [4.78, 5) is 14.5. The van der Waals surface area contributed by atoms with E-state index < -0.39 is 17.7 Å². The minimum Gasteiger partial charge on any atom is -0.444 e. The van der Waals surface area contributed by atoms with Crippen LogP contribution in [-0.4, -0.2) is 39.3 Å². The number of carbonyl (C=O) groups excluding carboxylic acids is 1. The molecule has 1 aromatic rings. The molecule has 1 aromatic carbocycles. The number of aliphatic hydroxyl groups excluding tert-OH is 1. The first-order valence-corrected chi connectivity index (χ1v) is 9.02. The topological polar surface area (TPSA) is 75.8 Å². The fourth-order valence-electron chi connectivity index (χ4n) is 3.53. The van der Waals surface area contributed by atoms with Gasteiger partial charge in [-0.05, 0) is 59.4 Å². The zero-order valence-electron chi connectivity index (χ0n) is 16.0. The minimum absolute atomic E-state index is 0.0294. The van der Waals surface area contributed by atoms with Crippen LogP contribution in [0.3, 0.4) is 0 Å². The number of nitrogens with two attached hydrogens (primary N) is 1. The molecule has 1 aliphatic rings. The molecule has 0 bridgehead atoms. The first kappa shape index (κ1) is 19.7. The van der Waals surface area contributed by atoms with Gasteiger partial charge in [0.15, 0.2) is 0 Å². The van der Waals surface area contributed by atoms with Crippen LogP contribution in [0.4, 0.5) is 4.79 Å². The fourth-order valence-corrected chi connectivity index (χ4v) is 3.53. The van der Waals surface area contributed by atoms with Crippen molar-refractivity contribution in [2.75, 3.05) is 0 Å². The van der Waals surface area contributed by atoms with E-state index >= 15 is 0 Å². The molecule has 0 radical (unpaired) electrons. The summed E-state index contributed by atoms with van der Waals surface area (Å²) in [5.41, 5.74) is 6.27. The van der Waals surface area contributed by atoms with E-state index in [0.717, 1.165) is 18.4 Å². The molecule has 0 aromatic heterocycles. The first-order valence-electron chi connectivity index (χ1n) is 9.02. The van der Waals surface area contributed by atoms with Gasteiger partial charge in [-0.25, -0.2) is 4.79 Å². The van der Waals surface area contributed by atoms with Gasteiger partial charge in [0.2, 0.25) is 0 Å². The molecule has 3 N–H and O–H groups in total. The molecule has 0 saturated carbocycles. The Hall–Kier alpha value is -1.59. The molecule has 140 valence electrons. The maximum atomic E-state index is 12.7. The van der Waals surface area contributed by atoms with Gasteiger partial charge in [0.25, 0.3) is 0 Å². The summed E-state index contributed by atoms with van der Waals surface area (Å²) < 4.78 is 5.60. The number of carbonyl (C=O) groups is 1. The summed E-state index contributed by atoms with van der Waals surface area (Å²) in [6, 6.07) is 8.95. The van der Waals surface area contributed by atoms with Gasteiger partial charge in [-0.2, -0.15) is 0 Å². The Morgan fingerprint density at radius 2 is 1.96 bits per heavy atom. The molecule has 5 heteroatoms. The fraction of sp³-hybridized carbons (Fsp3) is 0.650. The van der Waals surface area contributed by atoms with Crippen LogP contribution in [0.2, 0.25) is 0 Å². The van der Waals surface area contributed by atoms with Gasteiger partial charge in [0, 0.05) is 17.6 Å². The zero-order chi connectivity index (χ0) is 18.8. The summed E-state index contributed by atoms with van der Waals surface area (Å²) in [6.45, 7) is 9.71. The number of amides is 1. The Morgan fingerprint density at radius 3 is 2.52 bits per heavy atom. The quantitative estimate of drug-likeness (QED) is 0.871. The highest BCUT2D eigenvalue weighted by Gasteiger charge is 2.45. The second-order valence-electron chi connectivity index (χ2n) is 8.61. The highest BCUT2D eigenvalue weighted by molar-refractivity contribution is 5.70. The summed E-state index contributed by atoms with van der Waals surface area (Å²) in [5, 5.41) is 10.5. The average molecular weight is 348 g/mol. The van der Waals surface area contributed by atoms with Crippen molar-refractivity contribution in [3.63, 3.8) is 0 Å². The van der Waals surface area contributed by atoms with Crippen LogP contribution in [0.5, 0.6) is 0 Å². The number of aliphatic hydroxyl groups is 1. The lowest BCUT2D eigenvalue weighted by molar-refractivity contribution is 0.000508. The molecule has 5 nitrogen and oxygen atoms in total. The average Bonchev–Trinajstić information content (AvgIpc) is 2.80. The molecule has 1 saturated heterocycles. The van der Waals surface area contributed by atoms with Gasteiger partial charge in [-0.15, -0.1) is 0 Å². The predicted molar refractivity (Wildman–Crippen MR) is 99.2 cm³/mol. The molecule has 1 heterocycles.